The first kappa shape index (κ1) is 18.9. The Hall–Kier alpha value is -3.09. The van der Waals surface area contributed by atoms with Crippen LogP contribution in [0.1, 0.15) is 50.9 Å². The van der Waals surface area contributed by atoms with Crippen LogP contribution in [0.15, 0.2) is 53.0 Å². The predicted molar refractivity (Wildman–Crippen MR) is 116 cm³/mol. The minimum absolute atomic E-state index is 0.133. The summed E-state index contributed by atoms with van der Waals surface area (Å²) in [6.45, 7) is 2.10. The second-order valence-corrected chi connectivity index (χ2v) is 8.29. The first-order valence-corrected chi connectivity index (χ1v) is 10.9. The zero-order valence-corrected chi connectivity index (χ0v) is 17.5. The van der Waals surface area contributed by atoms with Gasteiger partial charge in [0, 0.05) is 18.7 Å². The number of carbonyl (C=O) groups is 1. The van der Waals surface area contributed by atoms with Crippen LogP contribution in [0.2, 0.25) is 0 Å². The summed E-state index contributed by atoms with van der Waals surface area (Å²) in [5.74, 6) is 1.17. The van der Waals surface area contributed by atoms with E-state index in [1.165, 1.54) is 12.8 Å². The highest BCUT2D eigenvalue weighted by Gasteiger charge is 2.43. The largest absolute Gasteiger partial charge is 0.343 e. The topological polar surface area (TPSA) is 76.6 Å². The average Bonchev–Trinajstić information content (AvgIpc) is 3.48. The molecule has 1 fully saturated rings. The third-order valence-electron chi connectivity index (χ3n) is 6.56. The van der Waals surface area contributed by atoms with Crippen LogP contribution in [-0.4, -0.2) is 51.3 Å². The van der Waals surface area contributed by atoms with E-state index >= 15 is 0 Å². The van der Waals surface area contributed by atoms with E-state index in [2.05, 4.69) is 39.5 Å². The van der Waals surface area contributed by atoms with Crippen molar-refractivity contribution in [3.05, 3.63) is 53.7 Å². The highest BCUT2D eigenvalue weighted by Crippen LogP contribution is 2.37. The van der Waals surface area contributed by atoms with E-state index in [-0.39, 0.29) is 18.1 Å². The molecule has 2 N–H and O–H groups in total. The van der Waals surface area contributed by atoms with Crippen molar-refractivity contribution >= 4 is 12.1 Å². The number of likely N-dealkylation sites (N-methyl/N-ethyl adjacent to an activating group) is 1. The fourth-order valence-corrected chi connectivity index (χ4v) is 5.01. The quantitative estimate of drug-likeness (QED) is 0.819. The molecule has 3 heterocycles. The van der Waals surface area contributed by atoms with E-state index in [9.17, 15) is 4.79 Å². The molecule has 7 nitrogen and oxygen atoms in total. The normalized spacial score (nSPS) is 24.4. The number of amides is 1. The zero-order valence-electron chi connectivity index (χ0n) is 17.5. The number of aromatic nitrogens is 2. The molecule has 0 radical (unpaired) electrons. The van der Waals surface area contributed by atoms with Gasteiger partial charge in [-0.3, -0.25) is 14.9 Å². The smallest absolute Gasteiger partial charge is 0.249 e. The molecule has 3 aliphatic rings. The van der Waals surface area contributed by atoms with Gasteiger partial charge in [-0.1, -0.05) is 50.1 Å². The second kappa shape index (κ2) is 7.63. The van der Waals surface area contributed by atoms with E-state index < -0.39 is 0 Å². The summed E-state index contributed by atoms with van der Waals surface area (Å²) < 4.78 is 0. The summed E-state index contributed by atoms with van der Waals surface area (Å²) in [5, 5.41) is 11.1. The minimum Gasteiger partial charge on any atom is -0.343 e. The number of aliphatic imine (C=N–C) groups is 1. The van der Waals surface area contributed by atoms with Gasteiger partial charge in [-0.05, 0) is 24.8 Å². The molecule has 1 unspecified atom stereocenters. The van der Waals surface area contributed by atoms with Crippen molar-refractivity contribution in [3.63, 3.8) is 0 Å². The SMILES string of the molecule is CCC1C(=O)N(C)C2=C(N[C@@H](c3[nH]ncc3-c3ccccc3)N=C2)N1C1CCCC1. The van der Waals surface area contributed by atoms with Gasteiger partial charge in [0.1, 0.15) is 17.6 Å². The fourth-order valence-electron chi connectivity index (χ4n) is 5.01. The molecule has 2 aromatic rings. The van der Waals surface area contributed by atoms with E-state index in [1.807, 2.05) is 37.7 Å². The molecule has 2 aliphatic heterocycles. The Labute approximate surface area is 176 Å². The van der Waals surface area contributed by atoms with Gasteiger partial charge in [0.15, 0.2) is 6.17 Å². The van der Waals surface area contributed by atoms with Crippen molar-refractivity contribution in [3.8, 4) is 11.1 Å². The Bertz CT molecular complexity index is 988. The Morgan fingerprint density at radius 3 is 2.67 bits per heavy atom. The number of aromatic amines is 1. The summed E-state index contributed by atoms with van der Waals surface area (Å²) in [4.78, 5) is 21.9. The van der Waals surface area contributed by atoms with Crippen LogP contribution in [0.5, 0.6) is 0 Å². The monoisotopic (exact) mass is 404 g/mol. The fraction of sp³-hybridized carbons (Fsp3) is 0.435. The zero-order chi connectivity index (χ0) is 20.7. The van der Waals surface area contributed by atoms with E-state index in [0.29, 0.717) is 6.04 Å². The lowest BCUT2D eigenvalue weighted by Gasteiger charge is -2.47. The molecule has 1 aromatic carbocycles. The predicted octanol–water partition coefficient (Wildman–Crippen LogP) is 3.41. The molecule has 1 aliphatic carbocycles. The molecule has 1 aromatic heterocycles. The molecule has 5 rings (SSSR count). The molecule has 7 heteroatoms. The lowest BCUT2D eigenvalue weighted by molar-refractivity contribution is -0.136. The molecule has 2 atom stereocenters. The van der Waals surface area contributed by atoms with E-state index in [0.717, 1.165) is 47.6 Å². The molecular formula is C23H28N6O. The summed E-state index contributed by atoms with van der Waals surface area (Å²) in [5.41, 5.74) is 3.93. The van der Waals surface area contributed by atoms with Crippen LogP contribution in [0.4, 0.5) is 0 Å². The summed E-state index contributed by atoms with van der Waals surface area (Å²) in [6, 6.07) is 10.5. The maximum Gasteiger partial charge on any atom is 0.249 e. The van der Waals surface area contributed by atoms with Crippen LogP contribution in [0.3, 0.4) is 0 Å². The van der Waals surface area contributed by atoms with Gasteiger partial charge in [0.05, 0.1) is 18.1 Å². The van der Waals surface area contributed by atoms with Gasteiger partial charge >= 0.3 is 0 Å². The van der Waals surface area contributed by atoms with Gasteiger partial charge in [-0.15, -0.1) is 0 Å². The number of H-pyrrole nitrogens is 1. The van der Waals surface area contributed by atoms with Gasteiger partial charge in [-0.25, -0.2) is 0 Å². The van der Waals surface area contributed by atoms with Crippen molar-refractivity contribution in [2.75, 3.05) is 7.05 Å². The molecule has 0 bridgehead atoms. The van der Waals surface area contributed by atoms with Gasteiger partial charge in [0.25, 0.3) is 0 Å². The standard InChI is InChI=1S/C23H28N6O/c1-3-18-23(30)28(2)19-14-24-21(26-22(19)29(18)16-11-7-8-12-16)20-17(13-25-27-20)15-9-5-4-6-10-15/h4-6,9-10,13-14,16,18,21,26H,3,7-8,11-12H2,1-2H3,(H,25,27)/t18?,21-/m0/s1. The summed E-state index contributed by atoms with van der Waals surface area (Å²) in [6.07, 6.45) is 8.92. The number of benzene rings is 1. The summed E-state index contributed by atoms with van der Waals surface area (Å²) in [7, 11) is 1.85. The van der Waals surface area contributed by atoms with Crippen LogP contribution in [0.25, 0.3) is 11.1 Å². The van der Waals surface area contributed by atoms with Crippen LogP contribution in [-0.2, 0) is 4.79 Å². The molecule has 1 amide bonds. The third kappa shape index (κ3) is 3.00. The minimum atomic E-state index is -0.274. The van der Waals surface area contributed by atoms with E-state index in [1.54, 1.807) is 4.90 Å². The Kier molecular flexibility index (Phi) is 4.81. The first-order valence-electron chi connectivity index (χ1n) is 10.9. The molecule has 156 valence electrons. The highest BCUT2D eigenvalue weighted by molar-refractivity contribution is 5.93. The first-order chi connectivity index (χ1) is 14.7. The Morgan fingerprint density at radius 2 is 1.93 bits per heavy atom. The lowest BCUT2D eigenvalue weighted by Crippen LogP contribution is -2.58. The molecular weight excluding hydrogens is 376 g/mol. The number of rotatable bonds is 4. The molecule has 0 saturated heterocycles. The molecule has 30 heavy (non-hydrogen) atoms. The summed E-state index contributed by atoms with van der Waals surface area (Å²) >= 11 is 0. The van der Waals surface area contributed by atoms with Crippen molar-refractivity contribution in [2.24, 2.45) is 4.99 Å². The van der Waals surface area contributed by atoms with Crippen LogP contribution in [0, 0.1) is 0 Å². The van der Waals surface area contributed by atoms with E-state index in [4.69, 9.17) is 4.99 Å². The van der Waals surface area contributed by atoms with Crippen molar-refractivity contribution in [1.29, 1.82) is 0 Å². The van der Waals surface area contributed by atoms with Gasteiger partial charge in [-0.2, -0.15) is 5.10 Å². The molecule has 0 spiro atoms. The third-order valence-corrected chi connectivity index (χ3v) is 6.56. The van der Waals surface area contributed by atoms with Crippen LogP contribution >= 0.6 is 0 Å². The molecule has 1 saturated carbocycles. The van der Waals surface area contributed by atoms with Crippen molar-refractivity contribution < 1.29 is 4.79 Å². The average molecular weight is 405 g/mol. The van der Waals surface area contributed by atoms with Gasteiger partial charge < -0.3 is 15.1 Å². The maximum atomic E-state index is 13.1. The van der Waals surface area contributed by atoms with Crippen LogP contribution < -0.4 is 5.32 Å². The van der Waals surface area contributed by atoms with Crippen molar-refractivity contribution in [1.82, 2.24) is 25.3 Å². The number of nitrogens with zero attached hydrogens (tertiary/aromatic N) is 4. The Balaban J connectivity index is 1.52. The number of allylic oxidation sites excluding steroid dienone is 1. The maximum absolute atomic E-state index is 13.1. The number of nitrogens with one attached hydrogen (secondary N) is 2. The van der Waals surface area contributed by atoms with Crippen molar-refractivity contribution in [2.45, 2.75) is 57.3 Å². The number of carbonyl (C=O) groups excluding carboxylic acids is 1. The number of hydrogen-bond acceptors (Lipinski definition) is 5. The lowest BCUT2D eigenvalue weighted by atomic mass is 10.0. The number of hydrogen-bond donors (Lipinski definition) is 2. The van der Waals surface area contributed by atoms with Gasteiger partial charge in [0.2, 0.25) is 5.91 Å². The highest BCUT2D eigenvalue weighted by atomic mass is 16.2. The Morgan fingerprint density at radius 1 is 1.17 bits per heavy atom. The second-order valence-electron chi connectivity index (χ2n) is 8.29.